The van der Waals surface area contributed by atoms with Crippen LogP contribution in [0.25, 0.3) is 0 Å². The number of aromatic hydroxyl groups is 2. The number of hydrogen-bond acceptors (Lipinski definition) is 3. The van der Waals surface area contributed by atoms with Crippen molar-refractivity contribution in [2.24, 2.45) is 0 Å². The number of phenolic OH excluding ortho intramolecular Hbond substituents is 2. The Labute approximate surface area is 285 Å². The van der Waals surface area contributed by atoms with Gasteiger partial charge in [-0.15, -0.1) is 0 Å². The Morgan fingerprint density at radius 1 is 0.541 bits per heavy atom. The van der Waals surface area contributed by atoms with Crippen LogP contribution in [0.2, 0.25) is 0 Å². The van der Waals surface area contributed by atoms with Crippen molar-refractivity contribution in [1.29, 1.82) is 0 Å². The van der Waals surface area contributed by atoms with Crippen LogP contribution in [0.15, 0.2) is 24.3 Å². The number of hydrogen-bond donors (Lipinski definition) is 3. The summed E-state index contributed by atoms with van der Waals surface area (Å²) < 4.78 is 13.6. The number of rotatable bonds is 4. The molecule has 0 aliphatic rings. The molecule has 0 aliphatic heterocycles. The predicted octanol–water partition coefficient (Wildman–Crippen LogP) is 6.43. The molecular formula is C30H51Ca2O4P. The molecule has 0 bridgehead atoms. The summed E-state index contributed by atoms with van der Waals surface area (Å²) in [6.45, 7) is 24.4. The van der Waals surface area contributed by atoms with E-state index < -0.39 is 7.37 Å². The summed E-state index contributed by atoms with van der Waals surface area (Å²) in [6.07, 6.45) is 0.0477. The van der Waals surface area contributed by atoms with E-state index in [1.807, 2.05) is 107 Å². The fraction of sp³-hybridized carbons (Fsp3) is 0.600. The van der Waals surface area contributed by atoms with Crippen molar-refractivity contribution in [3.8, 4) is 11.5 Å². The summed E-state index contributed by atoms with van der Waals surface area (Å²) in [6, 6.07) is 7.52. The van der Waals surface area contributed by atoms with Gasteiger partial charge in [-0.25, -0.2) is 0 Å². The number of benzene rings is 2. The van der Waals surface area contributed by atoms with Crippen LogP contribution in [0.4, 0.5) is 0 Å². The minimum absolute atomic E-state index is 0. The average molecular weight is 587 g/mol. The molecule has 0 saturated carbocycles. The molecule has 0 spiro atoms. The minimum atomic E-state index is -3.62. The Hall–Kier alpha value is 0.749. The molecule has 0 heterocycles. The molecule has 0 aromatic heterocycles. The van der Waals surface area contributed by atoms with Crippen molar-refractivity contribution in [1.82, 2.24) is 0 Å². The molecule has 2 aromatic carbocycles. The normalized spacial score (nSPS) is 13.1. The zero-order valence-electron chi connectivity index (χ0n) is 23.9. The van der Waals surface area contributed by atoms with E-state index in [2.05, 4.69) is 0 Å². The van der Waals surface area contributed by atoms with Crippen LogP contribution in [0.3, 0.4) is 0 Å². The molecule has 0 amide bonds. The molecule has 0 fully saturated rings. The van der Waals surface area contributed by atoms with Crippen molar-refractivity contribution >= 4 is 82.8 Å². The maximum atomic E-state index is 13.6. The van der Waals surface area contributed by atoms with E-state index >= 15 is 0 Å². The molecule has 0 atom stereocenters. The quantitative estimate of drug-likeness (QED) is 0.285. The molecule has 37 heavy (non-hydrogen) atoms. The molecule has 0 aliphatic carbocycles. The van der Waals surface area contributed by atoms with E-state index in [0.717, 1.165) is 33.4 Å². The van der Waals surface area contributed by atoms with E-state index in [0.29, 0.717) is 0 Å². The average Bonchev–Trinajstić information content (AvgIpc) is 2.60. The van der Waals surface area contributed by atoms with E-state index in [1.54, 1.807) is 0 Å². The molecular weight excluding hydrogens is 535 g/mol. The zero-order chi connectivity index (χ0) is 27.4. The Morgan fingerprint density at radius 2 is 0.730 bits per heavy atom. The van der Waals surface area contributed by atoms with Gasteiger partial charge in [0.05, 0.1) is 0 Å². The summed E-state index contributed by atoms with van der Waals surface area (Å²) in [4.78, 5) is 11.2. The topological polar surface area (TPSA) is 77.8 Å². The Bertz CT molecular complexity index is 987. The molecule has 7 heteroatoms. The van der Waals surface area contributed by atoms with Gasteiger partial charge in [0.25, 0.3) is 0 Å². The van der Waals surface area contributed by atoms with Gasteiger partial charge in [0.1, 0.15) is 11.5 Å². The predicted molar refractivity (Wildman–Crippen MR) is 165 cm³/mol. The van der Waals surface area contributed by atoms with Gasteiger partial charge in [-0.3, -0.25) is 4.57 Å². The van der Waals surface area contributed by atoms with Crippen LogP contribution in [-0.2, 0) is 38.5 Å². The van der Waals surface area contributed by atoms with E-state index in [-0.39, 0.29) is 121 Å². The maximum absolute atomic E-state index is 13.6. The third kappa shape index (κ3) is 9.96. The summed E-state index contributed by atoms with van der Waals surface area (Å²) in [5.74, 6) is 0.536. The van der Waals surface area contributed by atoms with Crippen LogP contribution in [-0.4, -0.2) is 90.6 Å². The van der Waals surface area contributed by atoms with E-state index in [9.17, 15) is 19.7 Å². The van der Waals surface area contributed by atoms with Gasteiger partial charge in [0, 0.05) is 12.3 Å². The summed E-state index contributed by atoms with van der Waals surface area (Å²) in [5, 5.41) is 22.0. The Balaban J connectivity index is 0.00000648. The third-order valence-electron chi connectivity index (χ3n) is 6.43. The molecule has 0 unspecified atom stereocenters. The van der Waals surface area contributed by atoms with Crippen LogP contribution >= 0.6 is 7.37 Å². The van der Waals surface area contributed by atoms with Gasteiger partial charge in [-0.05, 0) is 55.0 Å². The zero-order valence-corrected chi connectivity index (χ0v) is 24.8. The van der Waals surface area contributed by atoms with Gasteiger partial charge in [-0.1, -0.05) is 107 Å². The molecule has 2 rings (SSSR count). The first-order chi connectivity index (χ1) is 15.4. The summed E-state index contributed by atoms with van der Waals surface area (Å²) in [7, 11) is -3.62. The first kappa shape index (κ1) is 37.7. The molecule has 3 N–H and O–H groups in total. The Kier molecular flexibility index (Phi) is 13.0. The molecule has 0 radical (unpaired) electrons. The second-order valence-corrected chi connectivity index (χ2v) is 16.6. The second-order valence-electron chi connectivity index (χ2n) is 14.2. The fourth-order valence-corrected chi connectivity index (χ4v) is 6.10. The first-order valence-corrected chi connectivity index (χ1v) is 14.5. The van der Waals surface area contributed by atoms with Crippen molar-refractivity contribution in [3.05, 3.63) is 57.6 Å². The van der Waals surface area contributed by atoms with Gasteiger partial charge < -0.3 is 15.1 Å². The van der Waals surface area contributed by atoms with E-state index in [4.69, 9.17) is 0 Å². The van der Waals surface area contributed by atoms with Crippen LogP contribution in [0.5, 0.6) is 11.5 Å². The number of phenols is 2. The summed E-state index contributed by atoms with van der Waals surface area (Å²) in [5.41, 5.74) is 3.44. The third-order valence-corrected chi connectivity index (χ3v) is 8.15. The molecule has 0 saturated heterocycles. The Morgan fingerprint density at radius 3 is 0.892 bits per heavy atom. The van der Waals surface area contributed by atoms with Gasteiger partial charge in [0.2, 0.25) is 7.37 Å². The van der Waals surface area contributed by atoms with Crippen LogP contribution in [0, 0.1) is 0 Å². The van der Waals surface area contributed by atoms with Crippen molar-refractivity contribution in [2.45, 2.75) is 117 Å². The van der Waals surface area contributed by atoms with Crippen LogP contribution in [0.1, 0.15) is 116 Å². The van der Waals surface area contributed by atoms with Crippen molar-refractivity contribution in [2.75, 3.05) is 0 Å². The fourth-order valence-electron chi connectivity index (χ4n) is 4.48. The van der Waals surface area contributed by atoms with Gasteiger partial charge in [0.15, 0.2) is 0 Å². The van der Waals surface area contributed by atoms with Crippen molar-refractivity contribution < 1.29 is 19.7 Å². The van der Waals surface area contributed by atoms with Gasteiger partial charge >= 0.3 is 75.5 Å². The van der Waals surface area contributed by atoms with Crippen LogP contribution < -0.4 is 0 Å². The second kappa shape index (κ2) is 12.7. The monoisotopic (exact) mass is 586 g/mol. The van der Waals surface area contributed by atoms with Gasteiger partial charge in [-0.2, -0.15) is 0 Å². The summed E-state index contributed by atoms with van der Waals surface area (Å²) >= 11 is 0. The molecule has 2 aromatic rings. The standard InChI is InChI=1S/C30H47O4P.2Ca.4H/c1-27(2,3)21-13-19(14-22(25(21)31)28(4,5)6)17-35(33,34)18-20-15-23(29(7,8)9)26(32)24(16-20)30(10,11)12;;;;;;/h13-16,31-32H,17-18H2,1-12H3,(H,33,34);;;;;;. The molecule has 204 valence electrons. The van der Waals surface area contributed by atoms with Crippen molar-refractivity contribution in [3.63, 3.8) is 0 Å². The molecule has 4 nitrogen and oxygen atoms in total. The first-order valence-electron chi connectivity index (χ1n) is 12.5. The SMILES string of the molecule is CC(C)(C)c1cc(CP(=O)(O)Cc2cc(C(C)(C)C)c(O)c(C(C)(C)C)c2)cc(C(C)(C)C)c1O.[CaH2].[CaH2]. The van der Waals surface area contributed by atoms with E-state index in [1.165, 1.54) is 0 Å².